The summed E-state index contributed by atoms with van der Waals surface area (Å²) >= 11 is 0. The van der Waals surface area contributed by atoms with Crippen molar-refractivity contribution in [3.8, 4) is 11.8 Å². The van der Waals surface area contributed by atoms with Crippen LogP contribution in [0.4, 0.5) is 5.69 Å². The molecule has 2 aliphatic heterocycles. The summed E-state index contributed by atoms with van der Waals surface area (Å²) in [4.78, 5) is 14.1. The van der Waals surface area contributed by atoms with Crippen LogP contribution >= 0.6 is 0 Å². The highest BCUT2D eigenvalue weighted by atomic mass is 16.5. The van der Waals surface area contributed by atoms with Crippen molar-refractivity contribution in [1.82, 2.24) is 0 Å². The second-order valence-electron chi connectivity index (χ2n) is 5.22. The summed E-state index contributed by atoms with van der Waals surface area (Å²) in [6, 6.07) is 9.62. The fraction of sp³-hybridized carbons (Fsp3) is 0.412. The Balaban J connectivity index is 2.07. The monoisotopic (exact) mass is 314 g/mol. The van der Waals surface area contributed by atoms with Gasteiger partial charge in [0.1, 0.15) is 23.8 Å². The first-order valence-electron chi connectivity index (χ1n) is 7.69. The summed E-state index contributed by atoms with van der Waals surface area (Å²) in [5.41, 5.74) is 1.13. The Kier molecular flexibility index (Phi) is 4.22. The van der Waals surface area contributed by atoms with Crippen LogP contribution in [0.25, 0.3) is 0 Å². The molecule has 0 unspecified atom stereocenters. The number of nitriles is 1. The van der Waals surface area contributed by atoms with Gasteiger partial charge in [-0.1, -0.05) is 12.1 Å². The molecule has 6 heteroatoms. The van der Waals surface area contributed by atoms with E-state index >= 15 is 0 Å². The summed E-state index contributed by atoms with van der Waals surface area (Å²) in [6.07, 6.45) is -0.0123. The zero-order valence-corrected chi connectivity index (χ0v) is 13.1. The third-order valence-corrected chi connectivity index (χ3v) is 3.91. The van der Waals surface area contributed by atoms with E-state index in [1.54, 1.807) is 6.92 Å². The highest BCUT2D eigenvalue weighted by Crippen LogP contribution is 2.46. The van der Waals surface area contributed by atoms with Crippen molar-refractivity contribution in [1.29, 1.82) is 5.26 Å². The topological polar surface area (TPSA) is 71.8 Å². The Morgan fingerprint density at radius 1 is 1.39 bits per heavy atom. The van der Waals surface area contributed by atoms with Crippen LogP contribution in [-0.4, -0.2) is 25.4 Å². The van der Waals surface area contributed by atoms with Crippen LogP contribution in [0.2, 0.25) is 0 Å². The van der Waals surface area contributed by atoms with Crippen molar-refractivity contribution in [2.75, 3.05) is 18.1 Å². The Labute approximate surface area is 134 Å². The van der Waals surface area contributed by atoms with Crippen LogP contribution in [-0.2, 0) is 14.3 Å². The van der Waals surface area contributed by atoms with Crippen LogP contribution < -0.4 is 9.64 Å². The van der Waals surface area contributed by atoms with Crippen LogP contribution in [0.5, 0.6) is 5.75 Å². The largest absolute Gasteiger partial charge is 0.465 e. The van der Waals surface area contributed by atoms with Gasteiger partial charge in [-0.25, -0.2) is 0 Å². The number of carbonyl (C=O) groups excluding carboxylic acids is 1. The van der Waals surface area contributed by atoms with Gasteiger partial charge >= 0.3 is 5.97 Å². The molecule has 2 atom stereocenters. The zero-order chi connectivity index (χ0) is 16.4. The maximum atomic E-state index is 12.2. The van der Waals surface area contributed by atoms with Crippen LogP contribution in [0, 0.1) is 17.2 Å². The van der Waals surface area contributed by atoms with Gasteiger partial charge in [0, 0.05) is 13.0 Å². The number of rotatable bonds is 4. The predicted molar refractivity (Wildman–Crippen MR) is 82.3 cm³/mol. The summed E-state index contributed by atoms with van der Waals surface area (Å²) in [5, 5.41) is 9.56. The van der Waals surface area contributed by atoms with Crippen molar-refractivity contribution in [2.45, 2.75) is 26.5 Å². The average molecular weight is 314 g/mol. The molecule has 0 spiro atoms. The lowest BCUT2D eigenvalue weighted by molar-refractivity contribution is -0.148. The lowest BCUT2D eigenvalue weighted by atomic mass is 9.92. The number of carbonyl (C=O) groups is 1. The lowest BCUT2D eigenvalue weighted by Crippen LogP contribution is -2.44. The van der Waals surface area contributed by atoms with Gasteiger partial charge in [-0.05, 0) is 26.0 Å². The molecule has 0 fully saturated rings. The Hall–Kier alpha value is -2.52. The molecule has 23 heavy (non-hydrogen) atoms. The number of hydrogen-bond acceptors (Lipinski definition) is 6. The predicted octanol–water partition coefficient (Wildman–Crippen LogP) is 2.57. The standard InChI is InChI=1S/C17H18N2O4/c1-3-21-15-9-11(17(20)22-4-2)12(10-18)16-19(15)13-7-5-6-8-14(13)23-16/h5-8,11,15H,3-4,9H2,1-2H3/t11-,15-/m1/s1. The van der Waals surface area contributed by atoms with Gasteiger partial charge in [0.25, 0.3) is 0 Å². The van der Waals surface area contributed by atoms with Crippen molar-refractivity contribution >= 4 is 11.7 Å². The average Bonchev–Trinajstić information content (AvgIpc) is 2.94. The van der Waals surface area contributed by atoms with E-state index < -0.39 is 11.9 Å². The fourth-order valence-electron chi connectivity index (χ4n) is 2.97. The summed E-state index contributed by atoms with van der Waals surface area (Å²) in [6.45, 7) is 4.40. The molecular weight excluding hydrogens is 296 g/mol. The van der Waals surface area contributed by atoms with Crippen LogP contribution in [0.3, 0.4) is 0 Å². The number of fused-ring (bicyclic) bond motifs is 3. The van der Waals surface area contributed by atoms with Gasteiger partial charge < -0.3 is 14.2 Å². The third-order valence-electron chi connectivity index (χ3n) is 3.91. The zero-order valence-electron chi connectivity index (χ0n) is 13.1. The van der Waals surface area contributed by atoms with Gasteiger partial charge in [0.15, 0.2) is 5.75 Å². The first-order chi connectivity index (χ1) is 11.2. The Morgan fingerprint density at radius 2 is 2.17 bits per heavy atom. The van der Waals surface area contributed by atoms with Gasteiger partial charge in [0.2, 0.25) is 5.88 Å². The van der Waals surface area contributed by atoms with E-state index in [0.29, 0.717) is 24.7 Å². The molecule has 6 nitrogen and oxygen atoms in total. The van der Waals surface area contributed by atoms with E-state index in [9.17, 15) is 10.1 Å². The van der Waals surface area contributed by atoms with E-state index in [4.69, 9.17) is 14.2 Å². The van der Waals surface area contributed by atoms with E-state index in [1.807, 2.05) is 36.1 Å². The molecule has 0 saturated carbocycles. The number of ether oxygens (including phenoxy) is 3. The van der Waals surface area contributed by atoms with Crippen molar-refractivity contribution in [2.24, 2.45) is 5.92 Å². The molecule has 0 amide bonds. The summed E-state index contributed by atoms with van der Waals surface area (Å²) in [7, 11) is 0. The number of esters is 1. The molecule has 0 radical (unpaired) electrons. The first-order valence-corrected chi connectivity index (χ1v) is 7.69. The van der Waals surface area contributed by atoms with Gasteiger partial charge in [-0.15, -0.1) is 0 Å². The Morgan fingerprint density at radius 3 is 2.87 bits per heavy atom. The minimum absolute atomic E-state index is 0.271. The first kappa shape index (κ1) is 15.4. The molecule has 2 heterocycles. The second kappa shape index (κ2) is 6.31. The quantitative estimate of drug-likeness (QED) is 0.795. The van der Waals surface area contributed by atoms with Crippen molar-refractivity contribution in [3.63, 3.8) is 0 Å². The van der Waals surface area contributed by atoms with Crippen LogP contribution in [0.15, 0.2) is 35.7 Å². The molecular formula is C17H18N2O4. The molecule has 0 aromatic heterocycles. The van der Waals surface area contributed by atoms with Crippen molar-refractivity contribution < 1.29 is 19.0 Å². The second-order valence-corrected chi connectivity index (χ2v) is 5.22. The van der Waals surface area contributed by atoms with E-state index in [-0.39, 0.29) is 18.4 Å². The van der Waals surface area contributed by atoms with E-state index in [0.717, 1.165) is 5.69 Å². The molecule has 0 aliphatic carbocycles. The molecule has 1 aromatic rings. The molecule has 0 bridgehead atoms. The maximum Gasteiger partial charge on any atom is 0.314 e. The smallest absolute Gasteiger partial charge is 0.314 e. The highest BCUT2D eigenvalue weighted by molar-refractivity contribution is 5.80. The van der Waals surface area contributed by atoms with Crippen molar-refractivity contribution in [3.05, 3.63) is 35.7 Å². The van der Waals surface area contributed by atoms with Gasteiger partial charge in [-0.3, -0.25) is 9.69 Å². The number of anilines is 1. The Bertz CT molecular complexity index is 692. The van der Waals surface area contributed by atoms with Gasteiger partial charge in [-0.2, -0.15) is 5.26 Å². The summed E-state index contributed by atoms with van der Waals surface area (Å²) in [5.74, 6) is -0.0570. The molecule has 0 saturated heterocycles. The molecule has 2 aliphatic rings. The number of hydrogen-bond donors (Lipinski definition) is 0. The maximum absolute atomic E-state index is 12.2. The number of para-hydroxylation sites is 2. The third kappa shape index (κ3) is 2.53. The number of benzene rings is 1. The highest BCUT2D eigenvalue weighted by Gasteiger charge is 2.45. The SMILES string of the molecule is CCOC(=O)[C@@H]1C[C@@H](OCC)N2C(=C1C#N)Oc1ccccc12. The van der Waals surface area contributed by atoms with E-state index in [1.165, 1.54) is 0 Å². The molecule has 120 valence electrons. The molecule has 3 rings (SSSR count). The van der Waals surface area contributed by atoms with E-state index in [2.05, 4.69) is 6.07 Å². The number of nitrogens with zero attached hydrogens (tertiary/aromatic N) is 2. The lowest BCUT2D eigenvalue weighted by Gasteiger charge is -2.35. The molecule has 0 N–H and O–H groups in total. The molecule has 1 aromatic carbocycles. The van der Waals surface area contributed by atoms with Gasteiger partial charge in [0.05, 0.1) is 12.3 Å². The van der Waals surface area contributed by atoms with Crippen LogP contribution in [0.1, 0.15) is 20.3 Å². The normalized spacial score (nSPS) is 22.0. The summed E-state index contributed by atoms with van der Waals surface area (Å²) < 4.78 is 16.8. The minimum Gasteiger partial charge on any atom is -0.465 e. The minimum atomic E-state index is -0.669. The fourth-order valence-corrected chi connectivity index (χ4v) is 2.97.